The Bertz CT molecular complexity index is 880. The highest BCUT2D eigenvalue weighted by atomic mass is 79.9. The van der Waals surface area contributed by atoms with Crippen LogP contribution in [0.2, 0.25) is 0 Å². The number of alkyl halides is 3. The standard InChI is InChI=1S/C16H15BrF3N3O2S/c17-13-2-1-3-14(10-13)26(24,25)23-8-6-22(7-9-23)15-5-4-12(11-21-15)16(18,19)20/h1-5,10-11H,6-9H2. The number of anilines is 1. The van der Waals surface area contributed by atoms with Crippen LogP contribution in [0.4, 0.5) is 19.0 Å². The van der Waals surface area contributed by atoms with Crippen LogP contribution in [0.15, 0.2) is 52.0 Å². The first kappa shape index (κ1) is 19.1. The maximum atomic E-state index is 12.7. The summed E-state index contributed by atoms with van der Waals surface area (Å²) in [4.78, 5) is 5.83. The molecule has 1 aliphatic rings. The van der Waals surface area contributed by atoms with E-state index in [9.17, 15) is 21.6 Å². The lowest BCUT2D eigenvalue weighted by Crippen LogP contribution is -2.48. The molecule has 1 aromatic heterocycles. The predicted molar refractivity (Wildman–Crippen MR) is 94.4 cm³/mol. The lowest BCUT2D eigenvalue weighted by atomic mass is 10.2. The number of hydrogen-bond donors (Lipinski definition) is 0. The molecule has 0 atom stereocenters. The third kappa shape index (κ3) is 4.02. The van der Waals surface area contributed by atoms with E-state index in [4.69, 9.17) is 0 Å². The van der Waals surface area contributed by atoms with E-state index in [-0.39, 0.29) is 18.0 Å². The highest BCUT2D eigenvalue weighted by Crippen LogP contribution is 2.29. The molecule has 0 saturated carbocycles. The first-order valence-corrected chi connectivity index (χ1v) is 9.95. The van der Waals surface area contributed by atoms with Crippen molar-refractivity contribution in [3.63, 3.8) is 0 Å². The van der Waals surface area contributed by atoms with E-state index in [0.29, 0.717) is 23.4 Å². The van der Waals surface area contributed by atoms with Gasteiger partial charge in [0.15, 0.2) is 0 Å². The number of nitrogens with zero attached hydrogens (tertiary/aromatic N) is 3. The van der Waals surface area contributed by atoms with Gasteiger partial charge in [0.1, 0.15) is 5.82 Å². The number of aromatic nitrogens is 1. The van der Waals surface area contributed by atoms with E-state index in [2.05, 4.69) is 20.9 Å². The largest absolute Gasteiger partial charge is 0.417 e. The van der Waals surface area contributed by atoms with Gasteiger partial charge in [-0.05, 0) is 30.3 Å². The van der Waals surface area contributed by atoms with E-state index in [0.717, 1.165) is 12.3 Å². The molecule has 2 aromatic rings. The van der Waals surface area contributed by atoms with Crippen molar-refractivity contribution in [3.05, 3.63) is 52.6 Å². The van der Waals surface area contributed by atoms with Crippen molar-refractivity contribution in [2.24, 2.45) is 0 Å². The van der Waals surface area contributed by atoms with Crippen molar-refractivity contribution >= 4 is 31.8 Å². The molecule has 0 amide bonds. The summed E-state index contributed by atoms with van der Waals surface area (Å²) < 4.78 is 65.2. The van der Waals surface area contributed by atoms with Crippen molar-refractivity contribution in [1.29, 1.82) is 0 Å². The zero-order valence-electron chi connectivity index (χ0n) is 13.4. The van der Waals surface area contributed by atoms with Gasteiger partial charge in [0, 0.05) is 36.8 Å². The fourth-order valence-corrected chi connectivity index (χ4v) is 4.69. The Morgan fingerprint density at radius 2 is 1.73 bits per heavy atom. The maximum absolute atomic E-state index is 12.7. The third-order valence-electron chi connectivity index (χ3n) is 4.07. The zero-order valence-corrected chi connectivity index (χ0v) is 15.9. The van der Waals surface area contributed by atoms with Gasteiger partial charge in [-0.2, -0.15) is 17.5 Å². The SMILES string of the molecule is O=S(=O)(c1cccc(Br)c1)N1CCN(c2ccc(C(F)(F)F)cn2)CC1. The highest BCUT2D eigenvalue weighted by molar-refractivity contribution is 9.10. The van der Waals surface area contributed by atoms with Gasteiger partial charge in [-0.3, -0.25) is 0 Å². The fraction of sp³-hybridized carbons (Fsp3) is 0.312. The van der Waals surface area contributed by atoms with E-state index in [1.165, 1.54) is 16.4 Å². The summed E-state index contributed by atoms with van der Waals surface area (Å²) in [6.07, 6.45) is -3.64. The van der Waals surface area contributed by atoms with Gasteiger partial charge in [0.2, 0.25) is 10.0 Å². The summed E-state index contributed by atoms with van der Waals surface area (Å²) in [5, 5.41) is 0. The Morgan fingerprint density at radius 3 is 2.27 bits per heavy atom. The van der Waals surface area contributed by atoms with Crippen LogP contribution in [0, 0.1) is 0 Å². The maximum Gasteiger partial charge on any atom is 0.417 e. The zero-order chi connectivity index (χ0) is 18.9. The fourth-order valence-electron chi connectivity index (χ4n) is 2.67. The van der Waals surface area contributed by atoms with Crippen LogP contribution < -0.4 is 4.90 Å². The van der Waals surface area contributed by atoms with E-state index in [1.54, 1.807) is 23.1 Å². The average molecular weight is 450 g/mol. The molecule has 2 heterocycles. The minimum Gasteiger partial charge on any atom is -0.354 e. The number of pyridine rings is 1. The van der Waals surface area contributed by atoms with E-state index in [1.807, 2.05) is 0 Å². The number of sulfonamides is 1. The molecule has 0 N–H and O–H groups in total. The number of piperazine rings is 1. The Labute approximate surface area is 157 Å². The van der Waals surface area contributed by atoms with Crippen LogP contribution in [-0.2, 0) is 16.2 Å². The minimum absolute atomic E-state index is 0.202. The Kier molecular flexibility index (Phi) is 5.27. The summed E-state index contributed by atoms with van der Waals surface area (Å²) in [6.45, 7) is 1.17. The van der Waals surface area contributed by atoms with Crippen molar-refractivity contribution < 1.29 is 21.6 Å². The molecule has 5 nitrogen and oxygen atoms in total. The van der Waals surface area contributed by atoms with Gasteiger partial charge < -0.3 is 4.90 Å². The van der Waals surface area contributed by atoms with E-state index < -0.39 is 21.8 Å². The quantitative estimate of drug-likeness (QED) is 0.720. The molecule has 1 aliphatic heterocycles. The molecule has 1 fully saturated rings. The molecular weight excluding hydrogens is 435 g/mol. The Hall–Kier alpha value is -1.65. The van der Waals surface area contributed by atoms with Crippen molar-refractivity contribution in [2.45, 2.75) is 11.1 Å². The molecule has 1 aromatic carbocycles. The molecule has 0 unspecified atom stereocenters. The minimum atomic E-state index is -4.43. The molecule has 0 radical (unpaired) electrons. The van der Waals surface area contributed by atoms with Crippen molar-refractivity contribution in [2.75, 3.05) is 31.1 Å². The van der Waals surface area contributed by atoms with Gasteiger partial charge in [-0.1, -0.05) is 22.0 Å². The topological polar surface area (TPSA) is 53.5 Å². The molecule has 3 rings (SSSR count). The Morgan fingerprint density at radius 1 is 1.04 bits per heavy atom. The van der Waals surface area contributed by atoms with Crippen molar-refractivity contribution in [3.8, 4) is 0 Å². The van der Waals surface area contributed by atoms with Crippen LogP contribution in [0.3, 0.4) is 0 Å². The molecular formula is C16H15BrF3N3O2S. The first-order valence-electron chi connectivity index (χ1n) is 7.72. The van der Waals surface area contributed by atoms with Gasteiger partial charge in [0.25, 0.3) is 0 Å². The van der Waals surface area contributed by atoms with Crippen LogP contribution in [-0.4, -0.2) is 43.9 Å². The monoisotopic (exact) mass is 449 g/mol. The second-order valence-corrected chi connectivity index (χ2v) is 8.60. The lowest BCUT2D eigenvalue weighted by molar-refractivity contribution is -0.137. The van der Waals surface area contributed by atoms with Crippen LogP contribution >= 0.6 is 15.9 Å². The van der Waals surface area contributed by atoms with Gasteiger partial charge in [-0.15, -0.1) is 0 Å². The molecule has 140 valence electrons. The van der Waals surface area contributed by atoms with Crippen LogP contribution in [0.1, 0.15) is 5.56 Å². The second kappa shape index (κ2) is 7.16. The average Bonchev–Trinajstić information content (AvgIpc) is 2.61. The van der Waals surface area contributed by atoms with Crippen LogP contribution in [0.25, 0.3) is 0 Å². The number of hydrogen-bond acceptors (Lipinski definition) is 4. The summed E-state index contributed by atoms with van der Waals surface area (Å²) in [5.74, 6) is 0.400. The van der Waals surface area contributed by atoms with Gasteiger partial charge in [0.05, 0.1) is 10.5 Å². The molecule has 0 spiro atoms. The predicted octanol–water partition coefficient (Wildman–Crippen LogP) is 3.37. The Balaban J connectivity index is 1.69. The lowest BCUT2D eigenvalue weighted by Gasteiger charge is -2.34. The summed E-state index contributed by atoms with van der Waals surface area (Å²) >= 11 is 3.26. The number of halogens is 4. The normalized spacial score (nSPS) is 16.7. The van der Waals surface area contributed by atoms with Gasteiger partial charge in [-0.25, -0.2) is 13.4 Å². The summed E-state index contributed by atoms with van der Waals surface area (Å²) in [7, 11) is -3.61. The molecule has 0 aliphatic carbocycles. The smallest absolute Gasteiger partial charge is 0.354 e. The first-order chi connectivity index (χ1) is 12.2. The van der Waals surface area contributed by atoms with Crippen LogP contribution in [0.5, 0.6) is 0 Å². The van der Waals surface area contributed by atoms with E-state index >= 15 is 0 Å². The molecule has 26 heavy (non-hydrogen) atoms. The third-order valence-corrected chi connectivity index (χ3v) is 6.46. The molecule has 1 saturated heterocycles. The molecule has 0 bridgehead atoms. The summed E-state index contributed by atoms with van der Waals surface area (Å²) in [6, 6.07) is 8.75. The number of benzene rings is 1. The van der Waals surface area contributed by atoms with Crippen molar-refractivity contribution in [1.82, 2.24) is 9.29 Å². The molecule has 10 heteroatoms. The number of rotatable bonds is 3. The highest BCUT2D eigenvalue weighted by Gasteiger charge is 2.32. The van der Waals surface area contributed by atoms with Gasteiger partial charge >= 0.3 is 6.18 Å². The summed E-state index contributed by atoms with van der Waals surface area (Å²) in [5.41, 5.74) is -0.808. The second-order valence-electron chi connectivity index (χ2n) is 5.75.